The Hall–Kier alpha value is -1.65. The summed E-state index contributed by atoms with van der Waals surface area (Å²) in [6, 6.07) is 13.7. The van der Waals surface area contributed by atoms with Crippen LogP contribution in [0.4, 0.5) is 0 Å². The minimum Gasteiger partial charge on any atom is -0.262 e. The summed E-state index contributed by atoms with van der Waals surface area (Å²) in [5, 5.41) is -0.898. The third kappa shape index (κ3) is 4.13. The molecule has 2 heterocycles. The minimum atomic E-state index is -1.47. The van der Waals surface area contributed by atoms with Gasteiger partial charge in [0, 0.05) is 34.1 Å². The number of pyridine rings is 2. The molecule has 6 radical (unpaired) electrons. The highest BCUT2D eigenvalue weighted by Gasteiger charge is 2.15. The first-order valence-corrected chi connectivity index (χ1v) is 9.12. The van der Waals surface area contributed by atoms with E-state index >= 15 is 0 Å². The van der Waals surface area contributed by atoms with Gasteiger partial charge in [-0.1, -0.05) is 28.8 Å². The zero-order valence-corrected chi connectivity index (χ0v) is 15.2. The van der Waals surface area contributed by atoms with E-state index < -0.39 is 5.11 Å². The van der Waals surface area contributed by atoms with Gasteiger partial charge in [-0.05, 0) is 42.2 Å². The van der Waals surface area contributed by atoms with Crippen LogP contribution in [0.2, 0.25) is 5.02 Å². The number of hydrogen-bond donors (Lipinski definition) is 0. The maximum absolute atomic E-state index is 6.17. The molecular weight excluding hydrogens is 344 g/mol. The third-order valence-electron chi connectivity index (χ3n) is 3.74. The van der Waals surface area contributed by atoms with E-state index in [1.54, 1.807) is 30.2 Å². The van der Waals surface area contributed by atoms with Gasteiger partial charge in [0.15, 0.2) is 0 Å². The molecule has 0 bridgehead atoms. The fourth-order valence-corrected chi connectivity index (χ4v) is 3.02. The zero-order chi connectivity index (χ0) is 18.0. The lowest BCUT2D eigenvalue weighted by atomic mass is 9.41. The topological polar surface area (TPSA) is 25.8 Å². The van der Waals surface area contributed by atoms with Crippen LogP contribution in [0.5, 0.6) is 0 Å². The van der Waals surface area contributed by atoms with Crippen LogP contribution in [0, 0.1) is 0 Å². The second-order valence-corrected chi connectivity index (χ2v) is 6.96. The fraction of sp³-hybridized carbons (Fsp3) is 0.111. The second-order valence-electron chi connectivity index (χ2n) is 5.64. The normalized spacial score (nSPS) is 11.4. The molecule has 2 aromatic heterocycles. The predicted molar refractivity (Wildman–Crippen MR) is 109 cm³/mol. The van der Waals surface area contributed by atoms with Gasteiger partial charge in [-0.25, -0.2) is 0 Å². The fourth-order valence-electron chi connectivity index (χ4n) is 2.45. The van der Waals surface area contributed by atoms with E-state index in [9.17, 15) is 0 Å². The van der Waals surface area contributed by atoms with Crippen molar-refractivity contribution in [2.45, 2.75) is 10.0 Å². The summed E-state index contributed by atoms with van der Waals surface area (Å²) in [6.07, 6.45) is 5.32. The summed E-state index contributed by atoms with van der Waals surface area (Å²) in [6.45, 7) is 0. The first kappa shape index (κ1) is 18.2. The first-order chi connectivity index (χ1) is 11.9. The van der Waals surface area contributed by atoms with Gasteiger partial charge in [0.1, 0.15) is 0 Å². The Morgan fingerprint density at radius 1 is 0.920 bits per heavy atom. The monoisotopic (exact) mass is 356 g/mol. The molecule has 7 heteroatoms. The lowest BCUT2D eigenvalue weighted by Crippen LogP contribution is -2.28. The summed E-state index contributed by atoms with van der Waals surface area (Å²) in [7, 11) is 17.0. The Morgan fingerprint density at radius 3 is 2.16 bits per heavy atom. The van der Waals surface area contributed by atoms with Gasteiger partial charge in [0.2, 0.25) is 0 Å². The Bertz CT molecular complexity index is 878. The number of halogens is 1. The zero-order valence-electron chi connectivity index (χ0n) is 13.6. The van der Waals surface area contributed by atoms with Crippen LogP contribution in [0.3, 0.4) is 0 Å². The van der Waals surface area contributed by atoms with Gasteiger partial charge >= 0.3 is 0 Å². The van der Waals surface area contributed by atoms with E-state index in [1.807, 2.05) is 18.4 Å². The van der Waals surface area contributed by atoms with Gasteiger partial charge in [-0.3, -0.25) is 9.97 Å². The van der Waals surface area contributed by atoms with Gasteiger partial charge in [-0.2, -0.15) is 0 Å². The first-order valence-electron chi connectivity index (χ1n) is 7.52. The Morgan fingerprint density at radius 2 is 1.60 bits per heavy atom. The molecule has 0 amide bonds. The number of rotatable bonds is 4. The molecule has 0 atom stereocenters. The van der Waals surface area contributed by atoms with E-state index in [2.05, 4.69) is 34.2 Å². The van der Waals surface area contributed by atoms with Crippen molar-refractivity contribution in [3.63, 3.8) is 0 Å². The van der Waals surface area contributed by atoms with Crippen LogP contribution in [-0.4, -0.2) is 39.8 Å². The van der Waals surface area contributed by atoms with Crippen molar-refractivity contribution in [3.8, 4) is 22.4 Å². The largest absolute Gasteiger partial charge is 0.262 e. The van der Waals surface area contributed by atoms with Gasteiger partial charge in [0.05, 0.1) is 34.3 Å². The Balaban J connectivity index is 2.07. The van der Waals surface area contributed by atoms with Crippen molar-refractivity contribution in [1.82, 2.24) is 9.97 Å². The molecule has 0 aliphatic carbocycles. The van der Waals surface area contributed by atoms with Crippen LogP contribution < -0.4 is 0 Å². The standard InChI is InChI=1S/C18H12B3ClN2S/c1-25-14-5-2-11(3-6-14)15-8-13(22)10-24-17(15)12-4-7-16(23-9-12)18(19,20)21/h2-10H,1H3. The summed E-state index contributed by atoms with van der Waals surface area (Å²) < 4.78 is 0. The van der Waals surface area contributed by atoms with E-state index in [4.69, 9.17) is 35.1 Å². The van der Waals surface area contributed by atoms with Crippen LogP contribution in [0.25, 0.3) is 22.4 Å². The van der Waals surface area contributed by atoms with Crippen molar-refractivity contribution in [1.29, 1.82) is 0 Å². The highest BCUT2D eigenvalue weighted by Crippen LogP contribution is 2.33. The van der Waals surface area contributed by atoms with E-state index in [0.29, 0.717) is 10.7 Å². The minimum absolute atomic E-state index is 0.399. The molecule has 0 spiro atoms. The van der Waals surface area contributed by atoms with Crippen LogP contribution in [0.15, 0.2) is 59.8 Å². The molecule has 2 nitrogen and oxygen atoms in total. The maximum Gasteiger partial charge on any atom is 0.0796 e. The third-order valence-corrected chi connectivity index (χ3v) is 4.69. The maximum atomic E-state index is 6.17. The molecule has 0 unspecified atom stereocenters. The summed E-state index contributed by atoms with van der Waals surface area (Å²) in [5.41, 5.74) is 3.95. The molecular formula is C18H12B3ClN2S. The molecule has 3 rings (SSSR count). The van der Waals surface area contributed by atoms with Crippen LogP contribution in [0.1, 0.15) is 5.69 Å². The average Bonchev–Trinajstić information content (AvgIpc) is 2.61. The summed E-state index contributed by atoms with van der Waals surface area (Å²) in [4.78, 5) is 9.94. The molecule has 0 saturated heterocycles. The number of hydrogen-bond acceptors (Lipinski definition) is 3. The molecule has 25 heavy (non-hydrogen) atoms. The van der Waals surface area contributed by atoms with Gasteiger partial charge < -0.3 is 0 Å². The molecule has 0 N–H and O–H groups in total. The van der Waals surface area contributed by atoms with Crippen molar-refractivity contribution in [2.24, 2.45) is 0 Å². The molecule has 3 aromatic rings. The highest BCUT2D eigenvalue weighted by atomic mass is 35.5. The SMILES string of the molecule is [B]C([B])([B])c1ccc(-c2ncc(Cl)cc2-c2ccc(SC)cc2)cn1. The Labute approximate surface area is 161 Å². The van der Waals surface area contributed by atoms with Gasteiger partial charge in [-0.15, -0.1) is 11.8 Å². The molecule has 0 aliphatic rings. The lowest BCUT2D eigenvalue weighted by Gasteiger charge is -2.19. The predicted octanol–water partition coefficient (Wildman–Crippen LogP) is 3.80. The molecule has 116 valence electrons. The number of aromatic nitrogens is 2. The van der Waals surface area contributed by atoms with E-state index in [0.717, 1.165) is 22.4 Å². The Kier molecular flexibility index (Phi) is 5.31. The van der Waals surface area contributed by atoms with E-state index in [-0.39, 0.29) is 0 Å². The molecule has 1 aromatic carbocycles. The summed E-state index contributed by atoms with van der Waals surface area (Å²) in [5.74, 6) is 0. The van der Waals surface area contributed by atoms with Crippen molar-refractivity contribution < 1.29 is 0 Å². The van der Waals surface area contributed by atoms with Crippen LogP contribution in [-0.2, 0) is 5.11 Å². The lowest BCUT2D eigenvalue weighted by molar-refractivity contribution is 1.08. The number of thioether (sulfide) groups is 1. The van der Waals surface area contributed by atoms with Crippen molar-refractivity contribution in [3.05, 3.63) is 65.6 Å². The van der Waals surface area contributed by atoms with Crippen LogP contribution >= 0.6 is 23.4 Å². The van der Waals surface area contributed by atoms with Crippen molar-refractivity contribution in [2.75, 3.05) is 6.26 Å². The number of nitrogens with zero attached hydrogens (tertiary/aromatic N) is 2. The van der Waals surface area contributed by atoms with E-state index in [1.165, 1.54) is 4.90 Å². The average molecular weight is 356 g/mol. The molecule has 0 saturated carbocycles. The summed E-state index contributed by atoms with van der Waals surface area (Å²) >= 11 is 7.86. The highest BCUT2D eigenvalue weighted by molar-refractivity contribution is 7.98. The van der Waals surface area contributed by atoms with Crippen molar-refractivity contribution >= 4 is 46.9 Å². The van der Waals surface area contributed by atoms with Gasteiger partial charge in [0.25, 0.3) is 0 Å². The smallest absolute Gasteiger partial charge is 0.0796 e. The second kappa shape index (κ2) is 7.31. The quantitative estimate of drug-likeness (QED) is 0.525. The number of benzene rings is 1. The molecule has 0 aliphatic heterocycles. The molecule has 0 fully saturated rings.